The molecule has 0 unspecified atom stereocenters. The minimum atomic E-state index is -0.420. The van der Waals surface area contributed by atoms with E-state index >= 15 is 0 Å². The highest BCUT2D eigenvalue weighted by Gasteiger charge is 2.49. The summed E-state index contributed by atoms with van der Waals surface area (Å²) in [5, 5.41) is 0. The Morgan fingerprint density at radius 3 is 0.804 bits per heavy atom. The van der Waals surface area contributed by atoms with E-state index in [0.29, 0.717) is 13.1 Å². The number of imide groups is 2. The van der Waals surface area contributed by atoms with Crippen LogP contribution < -0.4 is 0 Å². The Hall–Kier alpha value is -4.92. The van der Waals surface area contributed by atoms with Gasteiger partial charge in [-0.25, -0.2) is 0 Å². The van der Waals surface area contributed by atoms with Crippen LogP contribution in [0.3, 0.4) is 0 Å². The molecule has 56 heavy (non-hydrogen) atoms. The fraction of sp³-hybridized carbons (Fsp3) is 0.417. The van der Waals surface area contributed by atoms with Crippen molar-refractivity contribution in [1.82, 2.24) is 9.80 Å². The molecule has 0 saturated carbocycles. The highest BCUT2D eigenvalue weighted by Crippen LogP contribution is 2.49. The summed E-state index contributed by atoms with van der Waals surface area (Å²) in [6, 6.07) is 31.9. The zero-order chi connectivity index (χ0) is 39.2. The third kappa shape index (κ3) is 6.92. The minimum absolute atomic E-state index is 0.0886. The van der Waals surface area contributed by atoms with Crippen LogP contribution in [-0.2, 0) is 19.2 Å². The standard InChI is InChI=1S/C48H56N4O4/c1-51(2,31-17-27-49-45(53)41-33-19-7-8-20-34(33)42(46(49)54)36-22-10-9-21-35(36)41)29-15-5-6-16-30-52(3,4)32-18-28-50-47(55)43-37-23-11-12-24-38(37)44(48(50)56)40-26-14-13-25-39(40)43/h7-14,19-26,41-44H,5-6,15-18,27-32H2,1-4H3/q+2. The molecule has 0 saturated heterocycles. The topological polar surface area (TPSA) is 74.8 Å². The number of amides is 4. The van der Waals surface area contributed by atoms with Crippen LogP contribution in [0.25, 0.3) is 0 Å². The van der Waals surface area contributed by atoms with Gasteiger partial charge < -0.3 is 8.97 Å². The summed E-state index contributed by atoms with van der Waals surface area (Å²) in [4.78, 5) is 59.0. The van der Waals surface area contributed by atoms with Crippen molar-refractivity contribution in [3.63, 3.8) is 0 Å². The number of hydrogen-bond donors (Lipinski definition) is 0. The molecular weight excluding hydrogens is 697 g/mol. The molecule has 4 bridgehead atoms. The van der Waals surface area contributed by atoms with E-state index in [1.165, 1.54) is 0 Å². The maximum absolute atomic E-state index is 14.0. The first-order valence-electron chi connectivity index (χ1n) is 20.7. The molecule has 4 heterocycles. The van der Waals surface area contributed by atoms with E-state index in [9.17, 15) is 19.2 Å². The van der Waals surface area contributed by atoms with Crippen LogP contribution in [0.1, 0.15) is 107 Å². The first-order chi connectivity index (χ1) is 27.0. The van der Waals surface area contributed by atoms with Gasteiger partial charge in [-0.3, -0.25) is 29.0 Å². The number of carbonyl (C=O) groups excluding carboxylic acids is 4. The lowest BCUT2D eigenvalue weighted by Gasteiger charge is -2.32. The van der Waals surface area contributed by atoms with Gasteiger partial charge in [-0.05, 0) is 70.2 Å². The van der Waals surface area contributed by atoms with Gasteiger partial charge in [-0.2, -0.15) is 0 Å². The van der Waals surface area contributed by atoms with Gasteiger partial charge in [0.05, 0.1) is 78.0 Å². The third-order valence-corrected chi connectivity index (χ3v) is 13.1. The maximum Gasteiger partial charge on any atom is 0.241 e. The second-order valence-electron chi connectivity index (χ2n) is 17.8. The number of fused-ring (bicyclic) bond motifs is 4. The van der Waals surface area contributed by atoms with E-state index < -0.39 is 23.7 Å². The van der Waals surface area contributed by atoms with Crippen molar-refractivity contribution in [2.45, 2.75) is 62.2 Å². The van der Waals surface area contributed by atoms with Gasteiger partial charge in [0.2, 0.25) is 23.6 Å². The second-order valence-corrected chi connectivity index (χ2v) is 17.8. The number of benzene rings is 4. The molecule has 4 amide bonds. The van der Waals surface area contributed by atoms with Crippen LogP contribution in [0.5, 0.6) is 0 Å². The van der Waals surface area contributed by atoms with Gasteiger partial charge in [0, 0.05) is 25.9 Å². The Kier molecular flexibility index (Phi) is 10.3. The lowest BCUT2D eigenvalue weighted by atomic mass is 9.73. The molecular formula is C48H56N4O4+2. The molecule has 0 fully saturated rings. The van der Waals surface area contributed by atoms with Gasteiger partial charge in [0.15, 0.2) is 0 Å². The summed E-state index contributed by atoms with van der Waals surface area (Å²) in [7, 11) is 9.02. The third-order valence-electron chi connectivity index (χ3n) is 13.1. The molecule has 0 aromatic heterocycles. The quantitative estimate of drug-likeness (QED) is 0.0764. The predicted octanol–water partition coefficient (Wildman–Crippen LogP) is 6.77. The number of quaternary nitrogens is 2. The molecule has 0 spiro atoms. The largest absolute Gasteiger partial charge is 0.328 e. The van der Waals surface area contributed by atoms with E-state index in [1.807, 2.05) is 97.1 Å². The molecule has 8 nitrogen and oxygen atoms in total. The first kappa shape index (κ1) is 38.0. The van der Waals surface area contributed by atoms with Crippen LogP contribution in [0, 0.1) is 0 Å². The summed E-state index contributed by atoms with van der Waals surface area (Å²) in [5.41, 5.74) is 7.79. The van der Waals surface area contributed by atoms with Crippen molar-refractivity contribution in [2.75, 3.05) is 67.5 Å². The van der Waals surface area contributed by atoms with Crippen LogP contribution >= 0.6 is 0 Å². The van der Waals surface area contributed by atoms with Crippen LogP contribution in [0.4, 0.5) is 0 Å². The molecule has 290 valence electrons. The van der Waals surface area contributed by atoms with Gasteiger partial charge in [-0.1, -0.05) is 97.1 Å². The highest BCUT2D eigenvalue weighted by molar-refractivity contribution is 6.09. The number of hydrogen-bond acceptors (Lipinski definition) is 4. The molecule has 6 aliphatic rings. The number of unbranched alkanes of at least 4 members (excludes halogenated alkanes) is 3. The van der Waals surface area contributed by atoms with E-state index in [2.05, 4.69) is 28.2 Å². The van der Waals surface area contributed by atoms with Crippen molar-refractivity contribution in [1.29, 1.82) is 0 Å². The maximum atomic E-state index is 14.0. The monoisotopic (exact) mass is 752 g/mol. The van der Waals surface area contributed by atoms with E-state index in [4.69, 9.17) is 0 Å². The zero-order valence-corrected chi connectivity index (χ0v) is 33.5. The molecule has 2 aliphatic carbocycles. The Bertz CT molecular complexity index is 1800. The summed E-state index contributed by atoms with van der Waals surface area (Å²) in [5.74, 6) is -2.04. The molecule has 8 heteroatoms. The molecule has 4 aromatic rings. The van der Waals surface area contributed by atoms with Gasteiger partial charge in [0.25, 0.3) is 0 Å². The van der Waals surface area contributed by atoms with Crippen LogP contribution in [0.2, 0.25) is 0 Å². The molecule has 0 N–H and O–H groups in total. The predicted molar refractivity (Wildman–Crippen MR) is 218 cm³/mol. The first-order valence-corrected chi connectivity index (χ1v) is 20.7. The van der Waals surface area contributed by atoms with Gasteiger partial charge in [0.1, 0.15) is 0 Å². The Morgan fingerprint density at radius 2 is 0.571 bits per heavy atom. The normalized spacial score (nSPS) is 21.1. The Labute approximate surface area is 331 Å². The lowest BCUT2D eigenvalue weighted by Crippen LogP contribution is -2.45. The highest BCUT2D eigenvalue weighted by atomic mass is 16.2. The van der Waals surface area contributed by atoms with Crippen molar-refractivity contribution >= 4 is 23.6 Å². The number of carbonyl (C=O) groups is 4. The SMILES string of the molecule is C[N+](C)(CCCCCC[N+](C)(C)CCCN1C(=O)C2c3ccccc3C(C1=O)c1ccccc12)CCCN1C(=O)C2c3ccccc3C(C1=O)c1ccccc12. The average Bonchev–Trinajstić information content (AvgIpc) is 3.43. The Morgan fingerprint density at radius 1 is 0.357 bits per heavy atom. The number of rotatable bonds is 15. The number of nitrogens with zero attached hydrogens (tertiary/aromatic N) is 4. The molecule has 0 atom stereocenters. The van der Waals surface area contributed by atoms with Crippen molar-refractivity contribution in [3.05, 3.63) is 142 Å². The van der Waals surface area contributed by atoms with Crippen LogP contribution in [0.15, 0.2) is 97.1 Å². The van der Waals surface area contributed by atoms with E-state index in [-0.39, 0.29) is 23.6 Å². The van der Waals surface area contributed by atoms with Gasteiger partial charge >= 0.3 is 0 Å². The summed E-state index contributed by atoms with van der Waals surface area (Å²) >= 11 is 0. The summed E-state index contributed by atoms with van der Waals surface area (Å²) < 4.78 is 1.72. The summed E-state index contributed by atoms with van der Waals surface area (Å²) in [6.45, 7) is 4.80. The van der Waals surface area contributed by atoms with Crippen molar-refractivity contribution in [3.8, 4) is 0 Å². The molecule has 10 rings (SSSR count). The summed E-state index contributed by atoms with van der Waals surface area (Å²) in [6.07, 6.45) is 6.12. The Balaban J connectivity index is 0.771. The van der Waals surface area contributed by atoms with E-state index in [1.54, 1.807) is 9.80 Å². The fourth-order valence-electron chi connectivity index (χ4n) is 10.1. The average molecular weight is 753 g/mol. The van der Waals surface area contributed by atoms with E-state index in [0.717, 1.165) is 118 Å². The molecule has 4 aliphatic heterocycles. The minimum Gasteiger partial charge on any atom is -0.328 e. The van der Waals surface area contributed by atoms with Crippen molar-refractivity contribution in [2.24, 2.45) is 0 Å². The smallest absolute Gasteiger partial charge is 0.241 e. The zero-order valence-electron chi connectivity index (χ0n) is 33.5. The van der Waals surface area contributed by atoms with Crippen LogP contribution in [-0.4, -0.2) is 110 Å². The lowest BCUT2D eigenvalue weighted by molar-refractivity contribution is -0.891. The molecule has 0 radical (unpaired) electrons. The van der Waals surface area contributed by atoms with Gasteiger partial charge in [-0.15, -0.1) is 0 Å². The van der Waals surface area contributed by atoms with Crippen molar-refractivity contribution < 1.29 is 28.1 Å². The molecule has 4 aromatic carbocycles. The fourth-order valence-corrected chi connectivity index (χ4v) is 10.1. The second kappa shape index (κ2) is 15.2.